The Balaban J connectivity index is 1.90. The van der Waals surface area contributed by atoms with Gasteiger partial charge in [-0.2, -0.15) is 0 Å². The largest absolute Gasteiger partial charge is 0.385 e. The molecule has 1 aliphatic rings. The average Bonchev–Trinajstić information content (AvgIpc) is 2.81. The van der Waals surface area contributed by atoms with E-state index in [9.17, 15) is 4.79 Å². The van der Waals surface area contributed by atoms with E-state index in [0.29, 0.717) is 5.82 Å². The van der Waals surface area contributed by atoms with Gasteiger partial charge < -0.3 is 10.6 Å². The summed E-state index contributed by atoms with van der Waals surface area (Å²) < 4.78 is 0. The maximum atomic E-state index is 10.9. The standard InChI is InChI=1S/C14H18N4O/c1-2-3-4-8-15-11-6-5-7-12(9-11)16-13-10-14(19)18-17-13/h5-7,9-10,15-16H,2-4,8H2,1H3. The first kappa shape index (κ1) is 13.3. The Morgan fingerprint density at radius 3 is 2.74 bits per heavy atom. The van der Waals surface area contributed by atoms with E-state index in [2.05, 4.69) is 27.8 Å². The molecule has 0 saturated heterocycles. The van der Waals surface area contributed by atoms with Crippen molar-refractivity contribution in [2.45, 2.75) is 26.2 Å². The van der Waals surface area contributed by atoms with Crippen molar-refractivity contribution < 1.29 is 4.79 Å². The number of carbonyl (C=O) groups excluding carboxylic acids is 1. The monoisotopic (exact) mass is 258 g/mol. The molecule has 0 radical (unpaired) electrons. The van der Waals surface area contributed by atoms with Crippen molar-refractivity contribution in [1.29, 1.82) is 0 Å². The van der Waals surface area contributed by atoms with Crippen LogP contribution in [0.1, 0.15) is 26.2 Å². The van der Waals surface area contributed by atoms with Crippen LogP contribution in [-0.2, 0) is 4.79 Å². The van der Waals surface area contributed by atoms with Crippen LogP contribution in [0.4, 0.5) is 11.4 Å². The molecule has 0 saturated carbocycles. The number of carbonyl (C=O) groups is 1. The van der Waals surface area contributed by atoms with Crippen molar-refractivity contribution in [2.75, 3.05) is 17.2 Å². The summed E-state index contributed by atoms with van der Waals surface area (Å²) in [5, 5.41) is 13.6. The summed E-state index contributed by atoms with van der Waals surface area (Å²) in [4.78, 5) is 10.9. The van der Waals surface area contributed by atoms with Crippen molar-refractivity contribution in [3.05, 3.63) is 36.2 Å². The summed E-state index contributed by atoms with van der Waals surface area (Å²) in [6.07, 6.45) is 5.00. The van der Waals surface area contributed by atoms with Gasteiger partial charge in [0.2, 0.25) is 0 Å². The van der Waals surface area contributed by atoms with Gasteiger partial charge in [0.15, 0.2) is 5.82 Å². The van der Waals surface area contributed by atoms with Gasteiger partial charge in [0.05, 0.1) is 6.08 Å². The lowest BCUT2D eigenvalue weighted by Crippen LogP contribution is -2.02. The van der Waals surface area contributed by atoms with Gasteiger partial charge in [-0.1, -0.05) is 25.8 Å². The minimum atomic E-state index is -0.323. The zero-order valence-electron chi connectivity index (χ0n) is 11.0. The lowest BCUT2D eigenvalue weighted by Gasteiger charge is -2.09. The summed E-state index contributed by atoms with van der Waals surface area (Å²) in [5.74, 6) is 0.157. The van der Waals surface area contributed by atoms with Crippen LogP contribution in [0.25, 0.3) is 0 Å². The summed E-state index contributed by atoms with van der Waals surface area (Å²) in [5.41, 5.74) is 1.95. The fourth-order valence-corrected chi connectivity index (χ4v) is 1.80. The summed E-state index contributed by atoms with van der Waals surface area (Å²) in [6, 6.07) is 7.90. The zero-order chi connectivity index (χ0) is 13.5. The van der Waals surface area contributed by atoms with E-state index >= 15 is 0 Å². The molecule has 100 valence electrons. The van der Waals surface area contributed by atoms with Crippen molar-refractivity contribution in [2.24, 2.45) is 10.2 Å². The molecule has 1 aliphatic heterocycles. The fraction of sp³-hybridized carbons (Fsp3) is 0.357. The van der Waals surface area contributed by atoms with Crippen LogP contribution in [-0.4, -0.2) is 12.5 Å². The predicted molar refractivity (Wildman–Crippen MR) is 76.0 cm³/mol. The number of unbranched alkanes of at least 4 members (excludes halogenated alkanes) is 2. The van der Waals surface area contributed by atoms with Gasteiger partial charge in [-0.05, 0) is 24.6 Å². The number of azo groups is 1. The number of benzene rings is 1. The van der Waals surface area contributed by atoms with E-state index in [1.165, 1.54) is 25.3 Å². The molecule has 0 atom stereocenters. The van der Waals surface area contributed by atoms with Gasteiger partial charge in [-0.15, -0.1) is 10.2 Å². The Morgan fingerprint density at radius 1 is 1.16 bits per heavy atom. The molecule has 1 aromatic carbocycles. The number of hydrogen-bond donors (Lipinski definition) is 2. The third-order valence-electron chi connectivity index (χ3n) is 2.76. The van der Waals surface area contributed by atoms with Crippen molar-refractivity contribution in [3.8, 4) is 0 Å². The first-order chi connectivity index (χ1) is 9.28. The molecule has 5 nitrogen and oxygen atoms in total. The fourth-order valence-electron chi connectivity index (χ4n) is 1.80. The maximum absolute atomic E-state index is 10.9. The molecule has 0 unspecified atom stereocenters. The van der Waals surface area contributed by atoms with Gasteiger partial charge in [0.25, 0.3) is 5.91 Å². The van der Waals surface area contributed by atoms with Crippen LogP contribution in [0, 0.1) is 0 Å². The van der Waals surface area contributed by atoms with Gasteiger partial charge >= 0.3 is 0 Å². The summed E-state index contributed by atoms with van der Waals surface area (Å²) in [6.45, 7) is 3.16. The van der Waals surface area contributed by atoms with Crippen LogP contribution in [0.2, 0.25) is 0 Å². The van der Waals surface area contributed by atoms with E-state index in [4.69, 9.17) is 0 Å². The van der Waals surface area contributed by atoms with Crippen LogP contribution in [0.3, 0.4) is 0 Å². The highest BCUT2D eigenvalue weighted by Crippen LogP contribution is 2.18. The van der Waals surface area contributed by atoms with Crippen LogP contribution >= 0.6 is 0 Å². The highest BCUT2D eigenvalue weighted by molar-refractivity contribution is 5.90. The number of nitrogens with one attached hydrogen (secondary N) is 2. The molecular formula is C14H18N4O. The minimum Gasteiger partial charge on any atom is -0.385 e. The number of amides is 1. The van der Waals surface area contributed by atoms with Crippen molar-refractivity contribution in [3.63, 3.8) is 0 Å². The molecule has 19 heavy (non-hydrogen) atoms. The van der Waals surface area contributed by atoms with Crippen LogP contribution in [0.15, 0.2) is 46.4 Å². The lowest BCUT2D eigenvalue weighted by molar-refractivity contribution is -0.113. The van der Waals surface area contributed by atoms with Gasteiger partial charge in [-0.25, -0.2) is 0 Å². The van der Waals surface area contributed by atoms with Crippen LogP contribution in [0.5, 0.6) is 0 Å². The number of anilines is 2. The molecule has 5 heteroatoms. The molecule has 1 heterocycles. The molecule has 1 amide bonds. The first-order valence-electron chi connectivity index (χ1n) is 6.56. The van der Waals surface area contributed by atoms with Crippen LogP contribution < -0.4 is 10.6 Å². The topological polar surface area (TPSA) is 65.8 Å². The molecule has 2 rings (SSSR count). The quantitative estimate of drug-likeness (QED) is 0.735. The lowest BCUT2D eigenvalue weighted by atomic mass is 10.2. The third-order valence-corrected chi connectivity index (χ3v) is 2.76. The summed E-state index contributed by atoms with van der Waals surface area (Å²) >= 11 is 0. The Bertz CT molecular complexity index is 508. The van der Waals surface area contributed by atoms with Gasteiger partial charge in [-0.3, -0.25) is 4.79 Å². The number of nitrogens with zero attached hydrogens (tertiary/aromatic N) is 2. The molecule has 0 aromatic heterocycles. The Morgan fingerprint density at radius 2 is 2.00 bits per heavy atom. The second-order valence-electron chi connectivity index (χ2n) is 4.41. The normalized spacial score (nSPS) is 13.5. The van der Waals surface area contributed by atoms with E-state index < -0.39 is 0 Å². The van der Waals surface area contributed by atoms with Crippen molar-refractivity contribution in [1.82, 2.24) is 0 Å². The Kier molecular flexibility index (Phi) is 4.66. The van der Waals surface area contributed by atoms with E-state index in [1.807, 2.05) is 24.3 Å². The SMILES string of the molecule is CCCCCNc1cccc(NC2=CC(=O)N=N2)c1. The Hall–Kier alpha value is -2.17. The van der Waals surface area contributed by atoms with Gasteiger partial charge in [0.1, 0.15) is 0 Å². The summed E-state index contributed by atoms with van der Waals surface area (Å²) in [7, 11) is 0. The second kappa shape index (κ2) is 6.68. The number of rotatable bonds is 7. The molecule has 0 bridgehead atoms. The first-order valence-corrected chi connectivity index (χ1v) is 6.56. The van der Waals surface area contributed by atoms with E-state index in [-0.39, 0.29) is 5.91 Å². The third kappa shape index (κ3) is 4.21. The van der Waals surface area contributed by atoms with E-state index in [0.717, 1.165) is 17.9 Å². The maximum Gasteiger partial charge on any atom is 0.292 e. The highest BCUT2D eigenvalue weighted by atomic mass is 16.1. The molecular weight excluding hydrogens is 240 g/mol. The highest BCUT2D eigenvalue weighted by Gasteiger charge is 2.07. The molecule has 2 N–H and O–H groups in total. The van der Waals surface area contributed by atoms with Gasteiger partial charge in [0, 0.05) is 17.9 Å². The number of hydrogen-bond acceptors (Lipinski definition) is 4. The average molecular weight is 258 g/mol. The van der Waals surface area contributed by atoms with Crippen molar-refractivity contribution >= 4 is 17.3 Å². The molecule has 1 aromatic rings. The second-order valence-corrected chi connectivity index (χ2v) is 4.41. The molecule has 0 spiro atoms. The molecule has 0 aliphatic carbocycles. The minimum absolute atomic E-state index is 0.323. The smallest absolute Gasteiger partial charge is 0.292 e. The molecule has 0 fully saturated rings. The predicted octanol–water partition coefficient (Wildman–Crippen LogP) is 3.53. The Labute approximate surface area is 112 Å². The van der Waals surface area contributed by atoms with E-state index in [1.54, 1.807) is 0 Å². The zero-order valence-corrected chi connectivity index (χ0v) is 11.0.